The zero-order valence-electron chi connectivity index (χ0n) is 15.2. The van der Waals surface area contributed by atoms with Gasteiger partial charge in [0.25, 0.3) is 5.91 Å². The van der Waals surface area contributed by atoms with E-state index in [4.69, 9.17) is 26.1 Å². The molecular weight excluding hydrogens is 406 g/mol. The molecule has 0 N–H and O–H groups in total. The number of benzene rings is 2. The number of hydrogen-bond donors (Lipinski definition) is 0. The molecular formula is C22H15NO4S2. The molecule has 7 heteroatoms. The highest BCUT2D eigenvalue weighted by atomic mass is 32.2. The molecule has 1 amide bonds. The molecule has 0 bridgehead atoms. The molecule has 1 fully saturated rings. The van der Waals surface area contributed by atoms with Crippen molar-refractivity contribution in [1.82, 2.24) is 4.90 Å². The second kappa shape index (κ2) is 7.42. The maximum Gasteiger partial charge on any atom is 0.266 e. The lowest BCUT2D eigenvalue weighted by Crippen LogP contribution is -2.27. The fourth-order valence-corrected chi connectivity index (χ4v) is 4.41. The Hall–Kier alpha value is -3.03. The van der Waals surface area contributed by atoms with Gasteiger partial charge in [0.15, 0.2) is 11.5 Å². The Labute approximate surface area is 176 Å². The average molecular weight is 421 g/mol. The molecule has 0 radical (unpaired) electrons. The van der Waals surface area contributed by atoms with E-state index in [9.17, 15) is 4.79 Å². The Morgan fingerprint density at radius 2 is 1.86 bits per heavy atom. The summed E-state index contributed by atoms with van der Waals surface area (Å²) in [5, 5.41) is 0. The third-order valence-electron chi connectivity index (χ3n) is 4.61. The second-order valence-electron chi connectivity index (χ2n) is 6.52. The smallest absolute Gasteiger partial charge is 0.266 e. The molecule has 1 aromatic heterocycles. The van der Waals surface area contributed by atoms with E-state index >= 15 is 0 Å². The van der Waals surface area contributed by atoms with Gasteiger partial charge in [0.2, 0.25) is 6.79 Å². The van der Waals surface area contributed by atoms with Crippen molar-refractivity contribution in [2.45, 2.75) is 6.54 Å². The van der Waals surface area contributed by atoms with Crippen LogP contribution in [0.5, 0.6) is 11.5 Å². The molecule has 0 unspecified atom stereocenters. The molecule has 0 spiro atoms. The molecule has 29 heavy (non-hydrogen) atoms. The molecule has 5 nitrogen and oxygen atoms in total. The molecule has 144 valence electrons. The van der Waals surface area contributed by atoms with Gasteiger partial charge in [0.05, 0.1) is 11.4 Å². The lowest BCUT2D eigenvalue weighted by atomic mass is 10.2. The van der Waals surface area contributed by atoms with Crippen LogP contribution in [0.1, 0.15) is 11.3 Å². The van der Waals surface area contributed by atoms with Crippen molar-refractivity contribution in [3.63, 3.8) is 0 Å². The SMILES string of the molecule is O=C1/C(=C\c2ccc(-c3ccccc3)o2)SC(=S)N1Cc1ccc2c(c1)OCO2. The number of thiocarbonyl (C=S) groups is 1. The first-order valence-corrected chi connectivity index (χ1v) is 10.2. The van der Waals surface area contributed by atoms with E-state index in [1.165, 1.54) is 11.8 Å². The molecule has 1 saturated heterocycles. The number of furan rings is 1. The lowest BCUT2D eigenvalue weighted by molar-refractivity contribution is -0.122. The normalized spacial score (nSPS) is 16.8. The summed E-state index contributed by atoms with van der Waals surface area (Å²) in [5.41, 5.74) is 1.92. The number of hydrogen-bond acceptors (Lipinski definition) is 6. The van der Waals surface area contributed by atoms with Gasteiger partial charge in [0, 0.05) is 11.6 Å². The van der Waals surface area contributed by atoms with E-state index in [1.807, 2.05) is 60.7 Å². The number of carbonyl (C=O) groups excluding carboxylic acids is 1. The highest BCUT2D eigenvalue weighted by molar-refractivity contribution is 8.26. The van der Waals surface area contributed by atoms with Crippen LogP contribution >= 0.6 is 24.0 Å². The summed E-state index contributed by atoms with van der Waals surface area (Å²) >= 11 is 6.71. The Bertz CT molecular complexity index is 1140. The van der Waals surface area contributed by atoms with Crippen LogP contribution in [-0.4, -0.2) is 21.9 Å². The Morgan fingerprint density at radius 3 is 2.72 bits per heavy atom. The lowest BCUT2D eigenvalue weighted by Gasteiger charge is -2.14. The number of fused-ring (bicyclic) bond motifs is 1. The van der Waals surface area contributed by atoms with Gasteiger partial charge in [-0.25, -0.2) is 0 Å². The summed E-state index contributed by atoms with van der Waals surface area (Å²) < 4.78 is 17.1. The van der Waals surface area contributed by atoms with Gasteiger partial charge in [-0.15, -0.1) is 0 Å². The van der Waals surface area contributed by atoms with E-state index in [0.29, 0.717) is 33.0 Å². The zero-order valence-corrected chi connectivity index (χ0v) is 16.8. The van der Waals surface area contributed by atoms with Crippen LogP contribution in [0.15, 0.2) is 70.0 Å². The van der Waals surface area contributed by atoms with Gasteiger partial charge >= 0.3 is 0 Å². The first-order valence-electron chi connectivity index (χ1n) is 8.96. The molecule has 3 heterocycles. The van der Waals surface area contributed by atoms with Crippen LogP contribution in [0.3, 0.4) is 0 Å². The average Bonchev–Trinajstić information content (AvgIpc) is 3.45. The Morgan fingerprint density at radius 1 is 1.03 bits per heavy atom. The summed E-state index contributed by atoms with van der Waals surface area (Å²) in [6, 6.07) is 19.2. The first kappa shape index (κ1) is 18.0. The van der Waals surface area contributed by atoms with E-state index < -0.39 is 0 Å². The molecule has 2 aromatic carbocycles. The van der Waals surface area contributed by atoms with Gasteiger partial charge in [-0.2, -0.15) is 0 Å². The van der Waals surface area contributed by atoms with Crippen molar-refractivity contribution in [1.29, 1.82) is 0 Å². The number of amides is 1. The van der Waals surface area contributed by atoms with Crippen LogP contribution in [0.25, 0.3) is 17.4 Å². The van der Waals surface area contributed by atoms with Crippen molar-refractivity contribution in [2.75, 3.05) is 6.79 Å². The van der Waals surface area contributed by atoms with Gasteiger partial charge in [-0.05, 0) is 29.8 Å². The second-order valence-corrected chi connectivity index (χ2v) is 8.20. The van der Waals surface area contributed by atoms with E-state index in [1.54, 1.807) is 11.0 Å². The monoisotopic (exact) mass is 421 g/mol. The van der Waals surface area contributed by atoms with E-state index in [2.05, 4.69) is 0 Å². The van der Waals surface area contributed by atoms with Crippen molar-refractivity contribution >= 4 is 40.3 Å². The molecule has 0 aliphatic carbocycles. The maximum absolute atomic E-state index is 12.9. The molecule has 2 aliphatic rings. The number of ether oxygens (including phenoxy) is 2. The standard InChI is InChI=1S/C22H15NO4S2/c24-21-20(11-16-7-9-17(27-16)15-4-2-1-3-5-15)29-22(28)23(21)12-14-6-8-18-19(10-14)26-13-25-18/h1-11H,12-13H2/b20-11+. The van der Waals surface area contributed by atoms with Crippen molar-refractivity contribution in [3.8, 4) is 22.8 Å². The summed E-state index contributed by atoms with van der Waals surface area (Å²) in [5.74, 6) is 2.65. The first-order chi connectivity index (χ1) is 14.2. The van der Waals surface area contributed by atoms with Crippen molar-refractivity contribution < 1.29 is 18.7 Å². The summed E-state index contributed by atoms with van der Waals surface area (Å²) in [6.45, 7) is 0.600. The van der Waals surface area contributed by atoms with Crippen molar-refractivity contribution in [3.05, 3.63) is 76.9 Å². The Kier molecular flexibility index (Phi) is 4.61. The number of nitrogens with zero attached hydrogens (tertiary/aromatic N) is 1. The zero-order chi connectivity index (χ0) is 19.8. The number of carbonyl (C=O) groups is 1. The minimum Gasteiger partial charge on any atom is -0.457 e. The molecule has 2 aliphatic heterocycles. The summed E-state index contributed by atoms with van der Waals surface area (Å²) in [7, 11) is 0. The van der Waals surface area contributed by atoms with Crippen LogP contribution in [0.2, 0.25) is 0 Å². The minimum absolute atomic E-state index is 0.129. The topological polar surface area (TPSA) is 51.9 Å². The van der Waals surface area contributed by atoms with Crippen LogP contribution < -0.4 is 9.47 Å². The van der Waals surface area contributed by atoms with Gasteiger partial charge in [-0.1, -0.05) is 60.4 Å². The largest absolute Gasteiger partial charge is 0.457 e. The quantitative estimate of drug-likeness (QED) is 0.433. The third kappa shape index (κ3) is 3.54. The predicted octanol–water partition coefficient (Wildman–Crippen LogP) is 5.08. The van der Waals surface area contributed by atoms with Crippen LogP contribution in [0, 0.1) is 0 Å². The highest BCUT2D eigenvalue weighted by Gasteiger charge is 2.32. The fourth-order valence-electron chi connectivity index (χ4n) is 3.18. The molecule has 5 rings (SSSR count). The van der Waals surface area contributed by atoms with Crippen molar-refractivity contribution in [2.24, 2.45) is 0 Å². The molecule has 0 atom stereocenters. The van der Waals surface area contributed by atoms with E-state index in [0.717, 1.165) is 16.9 Å². The van der Waals surface area contributed by atoms with E-state index in [-0.39, 0.29) is 12.7 Å². The third-order valence-corrected chi connectivity index (χ3v) is 5.99. The minimum atomic E-state index is -0.129. The Balaban J connectivity index is 1.34. The maximum atomic E-state index is 12.9. The fraction of sp³-hybridized carbons (Fsp3) is 0.0909. The summed E-state index contributed by atoms with van der Waals surface area (Å²) in [4.78, 5) is 15.0. The number of rotatable bonds is 4. The summed E-state index contributed by atoms with van der Waals surface area (Å²) in [6.07, 6.45) is 1.74. The van der Waals surface area contributed by atoms with Gasteiger partial charge < -0.3 is 13.9 Å². The molecule has 0 saturated carbocycles. The predicted molar refractivity (Wildman–Crippen MR) is 115 cm³/mol. The van der Waals surface area contributed by atoms with Gasteiger partial charge in [0.1, 0.15) is 15.8 Å². The molecule has 3 aromatic rings. The van der Waals surface area contributed by atoms with Crippen LogP contribution in [0.4, 0.5) is 0 Å². The van der Waals surface area contributed by atoms with Crippen LogP contribution in [-0.2, 0) is 11.3 Å². The number of thioether (sulfide) groups is 1. The highest BCUT2D eigenvalue weighted by Crippen LogP contribution is 2.37. The van der Waals surface area contributed by atoms with Gasteiger partial charge in [-0.3, -0.25) is 9.69 Å².